The van der Waals surface area contributed by atoms with Crippen LogP contribution in [0.5, 0.6) is 0 Å². The number of fused-ring (bicyclic) bond motifs is 1. The Morgan fingerprint density at radius 3 is 2.42 bits per heavy atom. The molecule has 0 saturated heterocycles. The molecule has 4 N–H and O–H groups in total. The molecule has 0 saturated carbocycles. The predicted octanol–water partition coefficient (Wildman–Crippen LogP) is 2.46. The first-order chi connectivity index (χ1) is 11.5. The lowest BCUT2D eigenvalue weighted by atomic mass is 10.1. The number of carbonyl (C=O) groups is 2. The number of aliphatic hydroxyl groups is 1. The first-order valence-corrected chi connectivity index (χ1v) is 8.21. The molecule has 0 spiro atoms. The van der Waals surface area contributed by atoms with Gasteiger partial charge in [0.1, 0.15) is 6.10 Å². The van der Waals surface area contributed by atoms with Gasteiger partial charge in [-0.2, -0.15) is 0 Å². The van der Waals surface area contributed by atoms with E-state index in [1.165, 1.54) is 35.6 Å². The van der Waals surface area contributed by atoms with Crippen molar-refractivity contribution in [2.45, 2.75) is 6.10 Å². The maximum atomic E-state index is 12.1. The minimum Gasteiger partial charge on any atom is -0.386 e. The molecule has 3 rings (SSSR count). The normalized spacial score (nSPS) is 12.0. The number of carbonyl (C=O) groups excluding carboxylic acids is 2. The Morgan fingerprint density at radius 2 is 1.75 bits per heavy atom. The van der Waals surface area contributed by atoms with Crippen LogP contribution in [-0.4, -0.2) is 23.5 Å². The molecule has 0 fully saturated rings. The second-order valence-corrected chi connectivity index (χ2v) is 6.47. The van der Waals surface area contributed by atoms with E-state index >= 15 is 0 Å². The smallest absolute Gasteiger partial charge is 0.251 e. The van der Waals surface area contributed by atoms with Crippen molar-refractivity contribution in [2.75, 3.05) is 6.54 Å². The van der Waals surface area contributed by atoms with Gasteiger partial charge < -0.3 is 16.2 Å². The van der Waals surface area contributed by atoms with Crippen molar-refractivity contribution in [3.8, 4) is 0 Å². The highest BCUT2D eigenvalue weighted by molar-refractivity contribution is 7.19. The molecule has 0 bridgehead atoms. The van der Waals surface area contributed by atoms with Gasteiger partial charge in [-0.3, -0.25) is 9.59 Å². The number of thiophene rings is 1. The highest BCUT2D eigenvalue weighted by atomic mass is 32.1. The summed E-state index contributed by atoms with van der Waals surface area (Å²) in [5.41, 5.74) is 5.91. The SMILES string of the molecule is NC(=O)c1ccc(C(=O)NCC(O)c2cc3ccccc3s2)cc1. The van der Waals surface area contributed by atoms with E-state index in [0.717, 1.165) is 15.0 Å². The Hall–Kier alpha value is -2.70. The molecule has 0 aliphatic rings. The summed E-state index contributed by atoms with van der Waals surface area (Å²) < 4.78 is 1.10. The zero-order valence-electron chi connectivity index (χ0n) is 12.7. The van der Waals surface area contributed by atoms with Gasteiger partial charge in [0.05, 0.1) is 0 Å². The minimum absolute atomic E-state index is 0.114. The highest BCUT2D eigenvalue weighted by Gasteiger charge is 2.14. The average molecular weight is 340 g/mol. The fourth-order valence-electron chi connectivity index (χ4n) is 2.34. The van der Waals surface area contributed by atoms with Gasteiger partial charge in [0.15, 0.2) is 0 Å². The van der Waals surface area contributed by atoms with Crippen molar-refractivity contribution in [2.24, 2.45) is 5.73 Å². The number of rotatable bonds is 5. The number of benzene rings is 2. The van der Waals surface area contributed by atoms with Crippen LogP contribution in [0.1, 0.15) is 31.7 Å². The van der Waals surface area contributed by atoms with Crippen LogP contribution in [0, 0.1) is 0 Å². The van der Waals surface area contributed by atoms with Crippen molar-refractivity contribution in [1.82, 2.24) is 5.32 Å². The molecule has 0 aliphatic carbocycles. The van der Waals surface area contributed by atoms with Crippen molar-refractivity contribution in [3.05, 3.63) is 70.6 Å². The Kier molecular flexibility index (Phi) is 4.59. The quantitative estimate of drug-likeness (QED) is 0.666. The Balaban J connectivity index is 1.63. The van der Waals surface area contributed by atoms with Crippen LogP contribution in [0.2, 0.25) is 0 Å². The van der Waals surface area contributed by atoms with Gasteiger partial charge in [-0.25, -0.2) is 0 Å². The van der Waals surface area contributed by atoms with Crippen LogP contribution < -0.4 is 11.1 Å². The van der Waals surface area contributed by atoms with E-state index in [0.29, 0.717) is 11.1 Å². The maximum absolute atomic E-state index is 12.1. The molecule has 1 aromatic heterocycles. The Bertz CT molecular complexity index is 854. The number of primary amides is 1. The van der Waals surface area contributed by atoms with Crippen LogP contribution in [0.15, 0.2) is 54.6 Å². The standard InChI is InChI=1S/C18H16N2O3S/c19-17(22)11-5-7-12(8-6-11)18(23)20-10-14(21)16-9-13-3-1-2-4-15(13)24-16/h1-9,14,21H,10H2,(H2,19,22)(H,20,23). The zero-order valence-corrected chi connectivity index (χ0v) is 13.5. The van der Waals surface area contributed by atoms with Gasteiger partial charge in [-0.1, -0.05) is 18.2 Å². The van der Waals surface area contributed by atoms with Crippen molar-refractivity contribution < 1.29 is 14.7 Å². The van der Waals surface area contributed by atoms with E-state index in [2.05, 4.69) is 5.32 Å². The van der Waals surface area contributed by atoms with Gasteiger partial charge in [0, 0.05) is 27.2 Å². The summed E-state index contributed by atoms with van der Waals surface area (Å²) in [4.78, 5) is 23.9. The van der Waals surface area contributed by atoms with Crippen LogP contribution in [0.3, 0.4) is 0 Å². The lowest BCUT2D eigenvalue weighted by molar-refractivity contribution is 0.0916. The highest BCUT2D eigenvalue weighted by Crippen LogP contribution is 2.29. The summed E-state index contributed by atoms with van der Waals surface area (Å²) >= 11 is 1.51. The summed E-state index contributed by atoms with van der Waals surface area (Å²) in [6, 6.07) is 15.9. The minimum atomic E-state index is -0.767. The lowest BCUT2D eigenvalue weighted by Crippen LogP contribution is -2.28. The fourth-order valence-corrected chi connectivity index (χ4v) is 3.40. The monoisotopic (exact) mass is 340 g/mol. The van der Waals surface area contributed by atoms with E-state index in [1.54, 1.807) is 0 Å². The number of amides is 2. The van der Waals surface area contributed by atoms with Gasteiger partial charge in [0.2, 0.25) is 5.91 Å². The maximum Gasteiger partial charge on any atom is 0.251 e. The van der Waals surface area contributed by atoms with E-state index in [9.17, 15) is 14.7 Å². The summed E-state index contributed by atoms with van der Waals surface area (Å²) in [6.07, 6.45) is -0.767. The molecule has 0 aliphatic heterocycles. The van der Waals surface area contributed by atoms with Gasteiger partial charge in [-0.05, 0) is 41.8 Å². The molecule has 1 atom stereocenters. The number of nitrogens with two attached hydrogens (primary N) is 1. The molecule has 122 valence electrons. The van der Waals surface area contributed by atoms with Crippen LogP contribution in [0.25, 0.3) is 10.1 Å². The summed E-state index contributed by atoms with van der Waals surface area (Å²) in [7, 11) is 0. The van der Waals surface area contributed by atoms with Crippen LogP contribution in [-0.2, 0) is 0 Å². The predicted molar refractivity (Wildman–Crippen MR) is 94.1 cm³/mol. The molecule has 2 amide bonds. The molecule has 1 unspecified atom stereocenters. The molecular weight excluding hydrogens is 324 g/mol. The van der Waals surface area contributed by atoms with E-state index < -0.39 is 12.0 Å². The molecule has 6 heteroatoms. The van der Waals surface area contributed by atoms with Crippen LogP contribution in [0.4, 0.5) is 0 Å². The number of hydrogen-bond acceptors (Lipinski definition) is 4. The summed E-state index contributed by atoms with van der Waals surface area (Å²) in [6.45, 7) is 0.114. The second-order valence-electron chi connectivity index (χ2n) is 5.35. The molecule has 5 nitrogen and oxygen atoms in total. The van der Waals surface area contributed by atoms with Crippen molar-refractivity contribution in [3.63, 3.8) is 0 Å². The molecular formula is C18H16N2O3S. The van der Waals surface area contributed by atoms with Gasteiger partial charge in [0.25, 0.3) is 5.91 Å². The third-order valence-corrected chi connectivity index (χ3v) is 4.88. The zero-order chi connectivity index (χ0) is 17.1. The molecule has 2 aromatic carbocycles. The number of aliphatic hydroxyl groups excluding tert-OH is 1. The average Bonchev–Trinajstić information content (AvgIpc) is 3.03. The van der Waals surface area contributed by atoms with Gasteiger partial charge >= 0.3 is 0 Å². The molecule has 0 radical (unpaired) electrons. The molecule has 1 heterocycles. The molecule has 24 heavy (non-hydrogen) atoms. The number of nitrogens with one attached hydrogen (secondary N) is 1. The number of hydrogen-bond donors (Lipinski definition) is 3. The summed E-state index contributed by atoms with van der Waals surface area (Å²) in [5, 5.41) is 14.0. The third-order valence-electron chi connectivity index (χ3n) is 3.66. The topological polar surface area (TPSA) is 92.4 Å². The molecule has 3 aromatic rings. The largest absolute Gasteiger partial charge is 0.386 e. The van der Waals surface area contributed by atoms with E-state index in [4.69, 9.17) is 5.73 Å². The lowest BCUT2D eigenvalue weighted by Gasteiger charge is -2.10. The second kappa shape index (κ2) is 6.82. The van der Waals surface area contributed by atoms with Crippen LogP contribution >= 0.6 is 11.3 Å². The third kappa shape index (κ3) is 3.45. The van der Waals surface area contributed by atoms with Crippen molar-refractivity contribution >= 4 is 33.2 Å². The first kappa shape index (κ1) is 16.2. The van der Waals surface area contributed by atoms with Crippen molar-refractivity contribution in [1.29, 1.82) is 0 Å². The van der Waals surface area contributed by atoms with Gasteiger partial charge in [-0.15, -0.1) is 11.3 Å². The fraction of sp³-hybridized carbons (Fsp3) is 0.111. The van der Waals surface area contributed by atoms with E-state index in [1.807, 2.05) is 30.3 Å². The Labute approximate surface area is 142 Å². The van der Waals surface area contributed by atoms with E-state index in [-0.39, 0.29) is 12.5 Å². The Morgan fingerprint density at radius 1 is 1.08 bits per heavy atom. The summed E-state index contributed by atoms with van der Waals surface area (Å²) in [5.74, 6) is -0.853. The first-order valence-electron chi connectivity index (χ1n) is 7.39.